The first-order chi connectivity index (χ1) is 16.6. The molecule has 2 heterocycles. The van der Waals surface area contributed by atoms with E-state index in [1.807, 2.05) is 12.1 Å². The van der Waals surface area contributed by atoms with E-state index >= 15 is 0 Å². The maximum Gasteiger partial charge on any atom is 0.251 e. The minimum atomic E-state index is -0.0976. The van der Waals surface area contributed by atoms with Crippen LogP contribution in [0.4, 0.5) is 23.1 Å². The van der Waals surface area contributed by atoms with Crippen LogP contribution in [0.3, 0.4) is 0 Å². The summed E-state index contributed by atoms with van der Waals surface area (Å²) in [6.45, 7) is 7.74. The van der Waals surface area contributed by atoms with Gasteiger partial charge in [-0.1, -0.05) is 25.4 Å². The fourth-order valence-corrected chi connectivity index (χ4v) is 3.68. The first-order valence-corrected chi connectivity index (χ1v) is 11.5. The van der Waals surface area contributed by atoms with Crippen LogP contribution in [0.25, 0.3) is 0 Å². The standard InChI is InChI=1S/C24H27ClN6O3/c1-3-31(4-2)14-13-26-23(32)16-5-7-17(8-6-16)28-24-27-12-11-20(30-24)29-21-18(25)9-10-19-22(21)34-15-33-19/h5-12H,3-4,13-15H2,1-2H3,(H,26,32)(H2,27,28,29,30). The van der Waals surface area contributed by atoms with Crippen molar-refractivity contribution in [1.29, 1.82) is 0 Å². The van der Waals surface area contributed by atoms with Gasteiger partial charge >= 0.3 is 0 Å². The van der Waals surface area contributed by atoms with Gasteiger partial charge in [0.25, 0.3) is 5.91 Å². The predicted octanol–water partition coefficient (Wildman–Crippen LogP) is 4.42. The van der Waals surface area contributed by atoms with Crippen LogP contribution in [-0.2, 0) is 0 Å². The van der Waals surface area contributed by atoms with Crippen LogP contribution < -0.4 is 25.4 Å². The van der Waals surface area contributed by atoms with Gasteiger partial charge in [0.15, 0.2) is 11.5 Å². The van der Waals surface area contributed by atoms with Crippen molar-refractivity contribution in [3.05, 3.63) is 59.2 Å². The molecule has 3 N–H and O–H groups in total. The van der Waals surface area contributed by atoms with Crippen molar-refractivity contribution >= 4 is 40.6 Å². The Morgan fingerprint density at radius 2 is 1.85 bits per heavy atom. The van der Waals surface area contributed by atoms with E-state index in [0.717, 1.165) is 25.3 Å². The molecular weight excluding hydrogens is 456 g/mol. The van der Waals surface area contributed by atoms with Gasteiger partial charge < -0.3 is 30.3 Å². The molecule has 0 atom stereocenters. The van der Waals surface area contributed by atoms with Crippen molar-refractivity contribution in [2.75, 3.05) is 43.6 Å². The number of rotatable bonds is 10. The summed E-state index contributed by atoms with van der Waals surface area (Å²) >= 11 is 6.34. The van der Waals surface area contributed by atoms with Crippen molar-refractivity contribution in [2.24, 2.45) is 0 Å². The van der Waals surface area contributed by atoms with Crippen molar-refractivity contribution in [3.63, 3.8) is 0 Å². The lowest BCUT2D eigenvalue weighted by molar-refractivity contribution is 0.0949. The Morgan fingerprint density at radius 3 is 2.62 bits per heavy atom. The van der Waals surface area contributed by atoms with E-state index in [-0.39, 0.29) is 12.7 Å². The molecule has 1 aliphatic rings. The van der Waals surface area contributed by atoms with E-state index in [9.17, 15) is 4.79 Å². The van der Waals surface area contributed by atoms with Gasteiger partial charge in [-0.15, -0.1) is 0 Å². The number of aromatic nitrogens is 2. The van der Waals surface area contributed by atoms with Gasteiger partial charge in [0.05, 0.1) is 5.02 Å². The largest absolute Gasteiger partial charge is 0.454 e. The van der Waals surface area contributed by atoms with Crippen molar-refractivity contribution < 1.29 is 14.3 Å². The molecule has 9 nitrogen and oxygen atoms in total. The number of carbonyl (C=O) groups excluding carboxylic acids is 1. The summed E-state index contributed by atoms with van der Waals surface area (Å²) in [7, 11) is 0. The number of nitrogens with one attached hydrogen (secondary N) is 3. The van der Waals surface area contributed by atoms with E-state index in [4.69, 9.17) is 21.1 Å². The van der Waals surface area contributed by atoms with Gasteiger partial charge in [-0.3, -0.25) is 4.79 Å². The molecule has 178 valence electrons. The zero-order valence-corrected chi connectivity index (χ0v) is 19.9. The van der Waals surface area contributed by atoms with E-state index in [0.29, 0.717) is 46.1 Å². The number of fused-ring (bicyclic) bond motifs is 1. The first kappa shape index (κ1) is 23.6. The predicted molar refractivity (Wildman–Crippen MR) is 133 cm³/mol. The second-order valence-electron chi connectivity index (χ2n) is 7.53. The maximum absolute atomic E-state index is 12.4. The average molecular weight is 483 g/mol. The zero-order chi connectivity index (χ0) is 23.9. The highest BCUT2D eigenvalue weighted by molar-refractivity contribution is 6.33. The molecule has 1 aliphatic heterocycles. The number of benzene rings is 2. The number of halogens is 1. The Bertz CT molecular complexity index is 1140. The minimum Gasteiger partial charge on any atom is -0.454 e. The molecule has 1 aromatic heterocycles. The van der Waals surface area contributed by atoms with Gasteiger partial charge in [0.1, 0.15) is 11.5 Å². The van der Waals surface area contributed by atoms with Crippen LogP contribution in [0.2, 0.25) is 5.02 Å². The zero-order valence-electron chi connectivity index (χ0n) is 19.1. The summed E-state index contributed by atoms with van der Waals surface area (Å²) < 4.78 is 10.9. The highest BCUT2D eigenvalue weighted by atomic mass is 35.5. The number of amides is 1. The maximum atomic E-state index is 12.4. The molecule has 0 spiro atoms. The number of nitrogens with zero attached hydrogens (tertiary/aromatic N) is 3. The molecular formula is C24H27ClN6O3. The quantitative estimate of drug-likeness (QED) is 0.390. The van der Waals surface area contributed by atoms with Gasteiger partial charge in [-0.2, -0.15) is 4.98 Å². The molecule has 10 heteroatoms. The third-order valence-corrected chi connectivity index (χ3v) is 5.72. The number of carbonyl (C=O) groups is 1. The van der Waals surface area contributed by atoms with Gasteiger partial charge in [0.2, 0.25) is 12.7 Å². The van der Waals surface area contributed by atoms with Crippen molar-refractivity contribution in [3.8, 4) is 11.5 Å². The Hall–Kier alpha value is -3.56. The van der Waals surface area contributed by atoms with Crippen molar-refractivity contribution in [1.82, 2.24) is 20.2 Å². The highest BCUT2D eigenvalue weighted by Crippen LogP contribution is 2.44. The molecule has 2 aromatic carbocycles. The number of hydrogen-bond acceptors (Lipinski definition) is 8. The Kier molecular flexibility index (Phi) is 7.66. The minimum absolute atomic E-state index is 0.0976. The SMILES string of the molecule is CCN(CC)CCNC(=O)c1ccc(Nc2nccc(Nc3c(Cl)ccc4c3OCO4)n2)cc1. The van der Waals surface area contributed by atoms with E-state index in [2.05, 4.69) is 44.7 Å². The number of ether oxygens (including phenoxy) is 2. The van der Waals surface area contributed by atoms with Gasteiger partial charge in [-0.05, 0) is 55.6 Å². The van der Waals surface area contributed by atoms with Crippen LogP contribution >= 0.6 is 11.6 Å². The van der Waals surface area contributed by atoms with E-state index < -0.39 is 0 Å². The van der Waals surface area contributed by atoms with Gasteiger partial charge in [-0.25, -0.2) is 4.98 Å². The van der Waals surface area contributed by atoms with Crippen molar-refractivity contribution in [2.45, 2.75) is 13.8 Å². The summed E-state index contributed by atoms with van der Waals surface area (Å²) in [6, 6.07) is 12.4. The van der Waals surface area contributed by atoms with Crippen LogP contribution in [0.15, 0.2) is 48.7 Å². The third kappa shape index (κ3) is 5.67. The normalized spacial score (nSPS) is 12.0. The molecule has 0 radical (unpaired) electrons. The molecule has 0 bridgehead atoms. The van der Waals surface area contributed by atoms with Gasteiger partial charge in [0, 0.05) is 30.5 Å². The van der Waals surface area contributed by atoms with Crippen LogP contribution in [0.5, 0.6) is 11.5 Å². The topological polar surface area (TPSA) is 101 Å². The summed E-state index contributed by atoms with van der Waals surface area (Å²) in [4.78, 5) is 23.4. The van der Waals surface area contributed by atoms with Crippen LogP contribution in [-0.4, -0.2) is 53.7 Å². The highest BCUT2D eigenvalue weighted by Gasteiger charge is 2.21. The molecule has 1 amide bonds. The lowest BCUT2D eigenvalue weighted by Crippen LogP contribution is -2.34. The fourth-order valence-electron chi connectivity index (χ4n) is 3.48. The van der Waals surface area contributed by atoms with Crippen LogP contribution in [0, 0.1) is 0 Å². The van der Waals surface area contributed by atoms with Crippen LogP contribution in [0.1, 0.15) is 24.2 Å². The molecule has 0 saturated carbocycles. The number of anilines is 4. The van der Waals surface area contributed by atoms with E-state index in [1.54, 1.807) is 36.5 Å². The summed E-state index contributed by atoms with van der Waals surface area (Å²) in [5, 5.41) is 9.77. The molecule has 0 saturated heterocycles. The summed E-state index contributed by atoms with van der Waals surface area (Å²) in [5.74, 6) is 2.00. The lowest BCUT2D eigenvalue weighted by Gasteiger charge is -2.18. The second kappa shape index (κ2) is 11.0. The smallest absolute Gasteiger partial charge is 0.251 e. The molecule has 0 unspecified atom stereocenters. The molecule has 0 aliphatic carbocycles. The molecule has 3 aromatic rings. The molecule has 34 heavy (non-hydrogen) atoms. The Labute approximate surface area is 203 Å². The summed E-state index contributed by atoms with van der Waals surface area (Å²) in [6.07, 6.45) is 1.63. The number of likely N-dealkylation sites (N-methyl/N-ethyl adjacent to an activating group) is 1. The first-order valence-electron chi connectivity index (χ1n) is 11.1. The lowest BCUT2D eigenvalue weighted by atomic mass is 10.2. The fraction of sp³-hybridized carbons (Fsp3) is 0.292. The number of hydrogen-bond donors (Lipinski definition) is 3. The molecule has 0 fully saturated rings. The third-order valence-electron chi connectivity index (χ3n) is 5.41. The average Bonchev–Trinajstić information content (AvgIpc) is 3.33. The Morgan fingerprint density at radius 1 is 1.06 bits per heavy atom. The second-order valence-corrected chi connectivity index (χ2v) is 7.94. The molecule has 4 rings (SSSR count). The Balaban J connectivity index is 1.37. The summed E-state index contributed by atoms with van der Waals surface area (Å²) in [5.41, 5.74) is 1.93. The van der Waals surface area contributed by atoms with E-state index in [1.165, 1.54) is 0 Å². The monoisotopic (exact) mass is 482 g/mol.